The van der Waals surface area contributed by atoms with Crippen LogP contribution in [0.2, 0.25) is 0 Å². The van der Waals surface area contributed by atoms with E-state index in [0.717, 1.165) is 38.8 Å². The first-order chi connectivity index (χ1) is 14.9. The highest BCUT2D eigenvalue weighted by atomic mass is 16.5. The van der Waals surface area contributed by atoms with Crippen molar-refractivity contribution < 1.29 is 19.1 Å². The molecule has 2 aliphatic rings. The Balaban J connectivity index is 1.68. The Morgan fingerprint density at radius 2 is 1.61 bits per heavy atom. The molecule has 1 atom stereocenters. The van der Waals surface area contributed by atoms with Gasteiger partial charge in [-0.1, -0.05) is 13.8 Å². The summed E-state index contributed by atoms with van der Waals surface area (Å²) in [5.41, 5.74) is 0.504. The summed E-state index contributed by atoms with van der Waals surface area (Å²) in [4.78, 5) is 42.4. The van der Waals surface area contributed by atoms with Crippen LogP contribution in [0.4, 0.5) is 0 Å². The van der Waals surface area contributed by atoms with Crippen molar-refractivity contribution in [1.29, 1.82) is 0 Å². The van der Waals surface area contributed by atoms with Crippen LogP contribution in [-0.2, 0) is 9.59 Å². The summed E-state index contributed by atoms with van der Waals surface area (Å²) >= 11 is 0. The first-order valence-corrected chi connectivity index (χ1v) is 11.4. The van der Waals surface area contributed by atoms with Gasteiger partial charge in [0.25, 0.3) is 5.91 Å². The van der Waals surface area contributed by atoms with Crippen molar-refractivity contribution in [3.05, 3.63) is 29.8 Å². The van der Waals surface area contributed by atoms with Crippen LogP contribution in [0.25, 0.3) is 0 Å². The molecule has 0 spiro atoms. The van der Waals surface area contributed by atoms with Crippen LogP contribution in [0, 0.1) is 11.8 Å². The summed E-state index contributed by atoms with van der Waals surface area (Å²) in [6, 6.07) is 6.34. The van der Waals surface area contributed by atoms with Crippen molar-refractivity contribution in [2.75, 3.05) is 33.3 Å². The molecule has 2 fully saturated rings. The van der Waals surface area contributed by atoms with Gasteiger partial charge in [-0.2, -0.15) is 0 Å². The molecule has 0 aliphatic carbocycles. The summed E-state index contributed by atoms with van der Waals surface area (Å²) in [5.74, 6) is 0.972. The number of rotatable bonds is 7. The fraction of sp³-hybridized carbons (Fsp3) is 0.625. The quantitative estimate of drug-likeness (QED) is 0.723. The summed E-state index contributed by atoms with van der Waals surface area (Å²) in [7, 11) is 1.58. The third-order valence-corrected chi connectivity index (χ3v) is 6.27. The van der Waals surface area contributed by atoms with E-state index in [1.807, 2.05) is 23.6 Å². The highest BCUT2D eigenvalue weighted by Gasteiger charge is 2.36. The first kappa shape index (κ1) is 23.1. The van der Waals surface area contributed by atoms with Gasteiger partial charge in [-0.15, -0.1) is 0 Å². The van der Waals surface area contributed by atoms with Crippen LogP contribution in [0.5, 0.6) is 5.75 Å². The van der Waals surface area contributed by atoms with E-state index < -0.39 is 6.04 Å². The Morgan fingerprint density at radius 3 is 2.16 bits per heavy atom. The molecule has 3 rings (SSSR count). The Labute approximate surface area is 185 Å². The molecule has 0 unspecified atom stereocenters. The van der Waals surface area contributed by atoms with Crippen molar-refractivity contribution in [3.8, 4) is 5.75 Å². The topological polar surface area (TPSA) is 79.0 Å². The zero-order chi connectivity index (χ0) is 22.4. The lowest BCUT2D eigenvalue weighted by atomic mass is 9.88. The lowest BCUT2D eigenvalue weighted by molar-refractivity contribution is -0.135. The van der Waals surface area contributed by atoms with Crippen molar-refractivity contribution in [2.45, 2.75) is 52.0 Å². The Kier molecular flexibility index (Phi) is 7.93. The van der Waals surface area contributed by atoms with Gasteiger partial charge in [-0.05, 0) is 61.8 Å². The van der Waals surface area contributed by atoms with E-state index in [1.165, 1.54) is 0 Å². The third kappa shape index (κ3) is 5.99. The van der Waals surface area contributed by atoms with E-state index in [-0.39, 0.29) is 23.6 Å². The van der Waals surface area contributed by atoms with E-state index in [9.17, 15) is 14.4 Å². The lowest BCUT2D eigenvalue weighted by Gasteiger charge is -2.37. The Hall–Kier alpha value is -2.57. The number of ether oxygens (including phenoxy) is 1. The number of piperidine rings is 1. The Morgan fingerprint density at radius 1 is 1.00 bits per heavy atom. The molecule has 7 nitrogen and oxygen atoms in total. The molecule has 0 aromatic heterocycles. The fourth-order valence-corrected chi connectivity index (χ4v) is 4.44. The van der Waals surface area contributed by atoms with E-state index in [0.29, 0.717) is 36.7 Å². The second-order valence-electron chi connectivity index (χ2n) is 9.03. The molecule has 1 aromatic carbocycles. The van der Waals surface area contributed by atoms with Gasteiger partial charge in [0, 0.05) is 38.2 Å². The van der Waals surface area contributed by atoms with E-state index in [2.05, 4.69) is 5.32 Å². The average Bonchev–Trinajstić information content (AvgIpc) is 3.31. The zero-order valence-electron chi connectivity index (χ0n) is 18.9. The number of carbonyl (C=O) groups is 3. The molecule has 2 aliphatic heterocycles. The standard InChI is InChI=1S/C24H35N3O4/c1-17(2)16-21(28)26-14-10-18(11-15-26)22(24(30)27-12-4-5-13-27)25-23(29)19-6-8-20(31-3)9-7-19/h6-9,17-18,22H,4-5,10-16H2,1-3H3,(H,25,29)/t22-/m1/s1. The number of carbonyl (C=O) groups excluding carboxylic acids is 3. The number of nitrogens with zero attached hydrogens (tertiary/aromatic N) is 2. The molecule has 3 amide bonds. The number of hydrogen-bond acceptors (Lipinski definition) is 4. The number of likely N-dealkylation sites (tertiary alicyclic amines) is 2. The van der Waals surface area contributed by atoms with Crippen LogP contribution in [0.1, 0.15) is 56.3 Å². The minimum absolute atomic E-state index is 0.00585. The second kappa shape index (κ2) is 10.6. The normalized spacial score (nSPS) is 18.2. The molecule has 2 heterocycles. The number of amides is 3. The van der Waals surface area contributed by atoms with Gasteiger partial charge in [0.05, 0.1) is 7.11 Å². The molecular weight excluding hydrogens is 394 g/mol. The van der Waals surface area contributed by atoms with Crippen LogP contribution in [0.15, 0.2) is 24.3 Å². The zero-order valence-corrected chi connectivity index (χ0v) is 18.9. The number of benzene rings is 1. The second-order valence-corrected chi connectivity index (χ2v) is 9.03. The number of nitrogens with one attached hydrogen (secondary N) is 1. The molecular formula is C24H35N3O4. The maximum Gasteiger partial charge on any atom is 0.251 e. The van der Waals surface area contributed by atoms with Crippen LogP contribution < -0.4 is 10.1 Å². The van der Waals surface area contributed by atoms with E-state index in [4.69, 9.17) is 4.74 Å². The fourth-order valence-electron chi connectivity index (χ4n) is 4.44. The van der Waals surface area contributed by atoms with Gasteiger partial charge in [-0.3, -0.25) is 14.4 Å². The lowest BCUT2D eigenvalue weighted by Crippen LogP contribution is -2.54. The number of methoxy groups -OCH3 is 1. The molecule has 1 aromatic rings. The summed E-state index contributed by atoms with van der Waals surface area (Å²) in [6.07, 6.45) is 4.00. The van der Waals surface area contributed by atoms with Gasteiger partial charge in [0.1, 0.15) is 11.8 Å². The molecule has 0 saturated carbocycles. The molecule has 0 radical (unpaired) electrons. The van der Waals surface area contributed by atoms with Crippen LogP contribution in [-0.4, -0.2) is 66.9 Å². The van der Waals surface area contributed by atoms with Gasteiger partial charge in [0.15, 0.2) is 0 Å². The first-order valence-electron chi connectivity index (χ1n) is 11.4. The molecule has 7 heteroatoms. The summed E-state index contributed by atoms with van der Waals surface area (Å²) in [6.45, 7) is 6.87. The van der Waals surface area contributed by atoms with E-state index in [1.54, 1.807) is 31.4 Å². The van der Waals surface area contributed by atoms with Gasteiger partial charge in [-0.25, -0.2) is 0 Å². The predicted octanol–water partition coefficient (Wildman–Crippen LogP) is 2.70. The predicted molar refractivity (Wildman–Crippen MR) is 119 cm³/mol. The highest BCUT2D eigenvalue weighted by Crippen LogP contribution is 2.25. The van der Waals surface area contributed by atoms with Crippen molar-refractivity contribution >= 4 is 17.7 Å². The summed E-state index contributed by atoms with van der Waals surface area (Å²) in [5, 5.41) is 3.02. The SMILES string of the molecule is COc1ccc(C(=O)N[C@@H](C(=O)N2CCCC2)C2CCN(C(=O)CC(C)C)CC2)cc1. The van der Waals surface area contributed by atoms with Crippen molar-refractivity contribution in [1.82, 2.24) is 15.1 Å². The average molecular weight is 430 g/mol. The van der Waals surface area contributed by atoms with Crippen LogP contribution in [0.3, 0.4) is 0 Å². The monoisotopic (exact) mass is 429 g/mol. The smallest absolute Gasteiger partial charge is 0.251 e. The van der Waals surface area contributed by atoms with Crippen LogP contribution >= 0.6 is 0 Å². The largest absolute Gasteiger partial charge is 0.497 e. The third-order valence-electron chi connectivity index (χ3n) is 6.27. The number of hydrogen-bond donors (Lipinski definition) is 1. The summed E-state index contributed by atoms with van der Waals surface area (Å²) < 4.78 is 5.16. The van der Waals surface area contributed by atoms with E-state index >= 15 is 0 Å². The van der Waals surface area contributed by atoms with Crippen molar-refractivity contribution in [3.63, 3.8) is 0 Å². The minimum Gasteiger partial charge on any atom is -0.497 e. The van der Waals surface area contributed by atoms with Gasteiger partial charge >= 0.3 is 0 Å². The molecule has 0 bridgehead atoms. The van der Waals surface area contributed by atoms with Gasteiger partial charge < -0.3 is 19.9 Å². The molecule has 31 heavy (non-hydrogen) atoms. The van der Waals surface area contributed by atoms with Gasteiger partial charge in [0.2, 0.25) is 11.8 Å². The highest BCUT2D eigenvalue weighted by molar-refractivity contribution is 5.97. The molecule has 2 saturated heterocycles. The maximum absolute atomic E-state index is 13.3. The Bertz CT molecular complexity index is 764. The van der Waals surface area contributed by atoms with Crippen molar-refractivity contribution in [2.24, 2.45) is 11.8 Å². The molecule has 170 valence electrons. The molecule has 1 N–H and O–H groups in total. The minimum atomic E-state index is -0.560. The maximum atomic E-state index is 13.3.